The fourth-order valence-electron chi connectivity index (χ4n) is 2.19. The van der Waals surface area contributed by atoms with E-state index in [1.807, 2.05) is 6.07 Å². The fourth-order valence-corrected chi connectivity index (χ4v) is 2.19. The fraction of sp³-hybridized carbons (Fsp3) is 0.438. The minimum atomic E-state index is -0.976. The molecule has 0 spiro atoms. The number of aromatic carboxylic acids is 1. The van der Waals surface area contributed by atoms with E-state index in [4.69, 9.17) is 9.15 Å². The summed E-state index contributed by atoms with van der Waals surface area (Å²) in [5, 5.41) is 9.94. The molecule has 0 unspecified atom stereocenters. The average Bonchev–Trinajstić information content (AvgIpc) is 2.76. The van der Waals surface area contributed by atoms with Crippen LogP contribution < -0.4 is 0 Å². The normalized spacial score (nSPS) is 11.3. The van der Waals surface area contributed by atoms with Crippen molar-refractivity contribution in [3.05, 3.63) is 35.6 Å². The molecule has 0 saturated carbocycles. The van der Waals surface area contributed by atoms with Crippen LogP contribution in [-0.2, 0) is 11.3 Å². The Morgan fingerprint density at radius 1 is 1.35 bits per heavy atom. The van der Waals surface area contributed by atoms with Crippen LogP contribution in [0.1, 0.15) is 42.8 Å². The molecule has 0 atom stereocenters. The number of fused-ring (bicyclic) bond motifs is 1. The Morgan fingerprint density at radius 3 is 2.80 bits per heavy atom. The molecule has 2 rings (SSSR count). The van der Waals surface area contributed by atoms with Crippen LogP contribution in [0, 0.1) is 5.92 Å². The molecule has 4 heteroatoms. The van der Waals surface area contributed by atoms with Crippen LogP contribution in [-0.4, -0.2) is 17.7 Å². The average molecular weight is 276 g/mol. The Hall–Kier alpha value is -1.81. The van der Waals surface area contributed by atoms with Gasteiger partial charge in [-0.2, -0.15) is 0 Å². The van der Waals surface area contributed by atoms with Gasteiger partial charge >= 0.3 is 5.97 Å². The summed E-state index contributed by atoms with van der Waals surface area (Å²) in [6, 6.07) is 7.15. The van der Waals surface area contributed by atoms with Crippen LogP contribution in [0.3, 0.4) is 0 Å². The van der Waals surface area contributed by atoms with Crippen molar-refractivity contribution in [2.75, 3.05) is 6.61 Å². The molecular weight excluding hydrogens is 256 g/mol. The summed E-state index contributed by atoms with van der Waals surface area (Å²) in [4.78, 5) is 11.4. The molecule has 1 heterocycles. The standard InChI is InChI=1S/C16H20O4/c1-11(2)6-5-9-19-10-14-15(16(17)18)12-7-3-4-8-13(12)20-14/h3-4,7-8,11H,5-6,9-10H2,1-2H3,(H,17,18). The van der Waals surface area contributed by atoms with E-state index < -0.39 is 5.97 Å². The Bertz CT molecular complexity index is 583. The van der Waals surface area contributed by atoms with Gasteiger partial charge in [0.15, 0.2) is 0 Å². The van der Waals surface area contributed by atoms with E-state index in [0.29, 0.717) is 29.3 Å². The molecular formula is C16H20O4. The number of benzene rings is 1. The number of hydrogen-bond acceptors (Lipinski definition) is 3. The number of rotatable bonds is 7. The van der Waals surface area contributed by atoms with Crippen molar-refractivity contribution in [3.63, 3.8) is 0 Å². The van der Waals surface area contributed by atoms with Gasteiger partial charge in [0.05, 0.1) is 0 Å². The maximum Gasteiger partial charge on any atom is 0.340 e. The summed E-state index contributed by atoms with van der Waals surface area (Å²) < 4.78 is 11.1. The van der Waals surface area contributed by atoms with Gasteiger partial charge in [-0.05, 0) is 24.8 Å². The molecule has 108 valence electrons. The SMILES string of the molecule is CC(C)CCCOCc1oc2ccccc2c1C(=O)O. The summed E-state index contributed by atoms with van der Waals surface area (Å²) in [7, 11) is 0. The smallest absolute Gasteiger partial charge is 0.340 e. The number of carboxylic acids is 1. The highest BCUT2D eigenvalue weighted by Gasteiger charge is 2.19. The van der Waals surface area contributed by atoms with Crippen LogP contribution in [0.15, 0.2) is 28.7 Å². The molecule has 0 saturated heterocycles. The quantitative estimate of drug-likeness (QED) is 0.774. The van der Waals surface area contributed by atoms with Crippen molar-refractivity contribution in [1.82, 2.24) is 0 Å². The predicted molar refractivity (Wildman–Crippen MR) is 76.9 cm³/mol. The molecule has 0 aliphatic heterocycles. The topological polar surface area (TPSA) is 59.7 Å². The summed E-state index contributed by atoms with van der Waals surface area (Å²) >= 11 is 0. The third-order valence-electron chi connectivity index (χ3n) is 3.19. The molecule has 0 fully saturated rings. The lowest BCUT2D eigenvalue weighted by Crippen LogP contribution is -2.03. The van der Waals surface area contributed by atoms with Gasteiger partial charge in [-0.25, -0.2) is 4.79 Å². The number of para-hydroxylation sites is 1. The zero-order valence-corrected chi connectivity index (χ0v) is 11.9. The lowest BCUT2D eigenvalue weighted by molar-refractivity contribution is 0.0679. The van der Waals surface area contributed by atoms with E-state index in [2.05, 4.69) is 13.8 Å². The molecule has 0 bridgehead atoms. The molecule has 2 aromatic rings. The van der Waals surface area contributed by atoms with Crippen molar-refractivity contribution >= 4 is 16.9 Å². The molecule has 0 aliphatic carbocycles. The molecule has 20 heavy (non-hydrogen) atoms. The summed E-state index contributed by atoms with van der Waals surface area (Å²) in [6.07, 6.45) is 2.08. The number of hydrogen-bond donors (Lipinski definition) is 1. The van der Waals surface area contributed by atoms with Gasteiger partial charge < -0.3 is 14.3 Å². The molecule has 1 N–H and O–H groups in total. The summed E-state index contributed by atoms with van der Waals surface area (Å²) in [5.74, 6) is 0.0679. The largest absolute Gasteiger partial charge is 0.478 e. The van der Waals surface area contributed by atoms with Gasteiger partial charge in [0.25, 0.3) is 0 Å². The van der Waals surface area contributed by atoms with E-state index in [-0.39, 0.29) is 12.2 Å². The Kier molecular flexibility index (Phi) is 4.79. The Morgan fingerprint density at radius 2 is 2.10 bits per heavy atom. The number of carbonyl (C=O) groups is 1. The van der Waals surface area contributed by atoms with Crippen molar-refractivity contribution in [1.29, 1.82) is 0 Å². The van der Waals surface area contributed by atoms with E-state index in [1.165, 1.54) is 0 Å². The van der Waals surface area contributed by atoms with Crippen LogP contribution in [0.25, 0.3) is 11.0 Å². The monoisotopic (exact) mass is 276 g/mol. The molecule has 0 amide bonds. The summed E-state index contributed by atoms with van der Waals surface area (Å²) in [5.41, 5.74) is 0.801. The lowest BCUT2D eigenvalue weighted by atomic mass is 10.1. The molecule has 1 aromatic heterocycles. The molecule has 0 aliphatic rings. The zero-order valence-electron chi connectivity index (χ0n) is 11.9. The van der Waals surface area contributed by atoms with E-state index in [9.17, 15) is 9.90 Å². The van der Waals surface area contributed by atoms with Gasteiger partial charge in [0.1, 0.15) is 23.5 Å². The highest BCUT2D eigenvalue weighted by Crippen LogP contribution is 2.26. The highest BCUT2D eigenvalue weighted by atomic mass is 16.5. The second-order valence-electron chi connectivity index (χ2n) is 5.29. The van der Waals surface area contributed by atoms with Crippen LogP contribution in [0.4, 0.5) is 0 Å². The van der Waals surface area contributed by atoms with Crippen molar-refractivity contribution in [3.8, 4) is 0 Å². The maximum atomic E-state index is 11.4. The Balaban J connectivity index is 2.06. The predicted octanol–water partition coefficient (Wildman–Crippen LogP) is 4.08. The number of furan rings is 1. The van der Waals surface area contributed by atoms with Gasteiger partial charge in [-0.1, -0.05) is 32.0 Å². The highest BCUT2D eigenvalue weighted by molar-refractivity contribution is 6.03. The van der Waals surface area contributed by atoms with Crippen LogP contribution >= 0.6 is 0 Å². The zero-order chi connectivity index (χ0) is 14.5. The number of carboxylic acid groups (broad SMARTS) is 1. The van der Waals surface area contributed by atoms with E-state index >= 15 is 0 Å². The first kappa shape index (κ1) is 14.6. The van der Waals surface area contributed by atoms with Crippen molar-refractivity contribution in [2.24, 2.45) is 5.92 Å². The van der Waals surface area contributed by atoms with Gasteiger partial charge in [-0.15, -0.1) is 0 Å². The second kappa shape index (κ2) is 6.57. The van der Waals surface area contributed by atoms with Crippen LogP contribution in [0.2, 0.25) is 0 Å². The minimum Gasteiger partial charge on any atom is -0.478 e. The van der Waals surface area contributed by atoms with Crippen molar-refractivity contribution in [2.45, 2.75) is 33.3 Å². The third-order valence-corrected chi connectivity index (χ3v) is 3.19. The Labute approximate surface area is 118 Å². The first-order chi connectivity index (χ1) is 9.59. The van der Waals surface area contributed by atoms with E-state index in [1.54, 1.807) is 18.2 Å². The first-order valence-electron chi connectivity index (χ1n) is 6.91. The first-order valence-corrected chi connectivity index (χ1v) is 6.91. The van der Waals surface area contributed by atoms with Crippen molar-refractivity contribution < 1.29 is 19.1 Å². The number of ether oxygens (including phenoxy) is 1. The van der Waals surface area contributed by atoms with Crippen LogP contribution in [0.5, 0.6) is 0 Å². The molecule has 0 radical (unpaired) electrons. The lowest BCUT2D eigenvalue weighted by Gasteiger charge is -2.05. The van der Waals surface area contributed by atoms with E-state index in [0.717, 1.165) is 12.8 Å². The molecule has 1 aromatic carbocycles. The van der Waals surface area contributed by atoms with Gasteiger partial charge in [-0.3, -0.25) is 0 Å². The minimum absolute atomic E-state index is 0.203. The summed E-state index contributed by atoms with van der Waals surface area (Å²) in [6.45, 7) is 5.16. The van der Waals surface area contributed by atoms with Gasteiger partial charge in [0.2, 0.25) is 0 Å². The maximum absolute atomic E-state index is 11.4. The second-order valence-corrected chi connectivity index (χ2v) is 5.29. The molecule has 4 nitrogen and oxygen atoms in total. The third kappa shape index (κ3) is 3.39. The van der Waals surface area contributed by atoms with Gasteiger partial charge in [0, 0.05) is 12.0 Å².